The molecular weight excluding hydrogens is 432 g/mol. The van der Waals surface area contributed by atoms with E-state index in [1.165, 1.54) is 4.88 Å². The van der Waals surface area contributed by atoms with E-state index >= 15 is 0 Å². The Balaban J connectivity index is 1.91. The van der Waals surface area contributed by atoms with Crippen molar-refractivity contribution in [3.05, 3.63) is 50.6 Å². The van der Waals surface area contributed by atoms with Crippen LogP contribution in [-0.2, 0) is 17.6 Å². The van der Waals surface area contributed by atoms with Crippen molar-refractivity contribution < 1.29 is 9.59 Å². The molecule has 2 aromatic heterocycles. The third-order valence-electron chi connectivity index (χ3n) is 5.55. The molecule has 3 aromatic rings. The van der Waals surface area contributed by atoms with Crippen molar-refractivity contribution in [2.24, 2.45) is 11.7 Å². The molecule has 7 nitrogen and oxygen atoms in total. The monoisotopic (exact) mass is 456 g/mol. The Morgan fingerprint density at radius 3 is 2.81 bits per heavy atom. The molecule has 1 aromatic carbocycles. The number of fused-ring (bicyclic) bond motifs is 3. The number of rotatable bonds is 4. The van der Waals surface area contributed by atoms with Gasteiger partial charge >= 0.3 is 6.03 Å². The van der Waals surface area contributed by atoms with E-state index in [0.717, 1.165) is 47.8 Å². The minimum absolute atomic E-state index is 0.114. The number of carbonyl (C=O) groups is 2. The number of imide groups is 1. The molecule has 0 fully saturated rings. The maximum Gasteiger partial charge on any atom is 0.318 e. The fraction of sp³-hybridized carbons (Fsp3) is 0.364. The minimum atomic E-state index is -0.905. The van der Waals surface area contributed by atoms with Crippen molar-refractivity contribution >= 4 is 45.3 Å². The van der Waals surface area contributed by atoms with Gasteiger partial charge in [0.15, 0.2) is 5.16 Å². The molecule has 1 aliphatic rings. The first kappa shape index (κ1) is 21.6. The molecular formula is C22H24N4O3S2. The van der Waals surface area contributed by atoms with Gasteiger partial charge < -0.3 is 5.73 Å². The average Bonchev–Trinajstić information content (AvgIpc) is 3.06. The summed E-state index contributed by atoms with van der Waals surface area (Å²) >= 11 is 2.71. The highest BCUT2D eigenvalue weighted by molar-refractivity contribution is 8.00. The van der Waals surface area contributed by atoms with Gasteiger partial charge in [-0.3, -0.25) is 19.5 Å². The third kappa shape index (κ3) is 4.12. The summed E-state index contributed by atoms with van der Waals surface area (Å²) in [5, 5.41) is 2.54. The zero-order valence-electron chi connectivity index (χ0n) is 17.6. The topological polar surface area (TPSA) is 107 Å². The molecule has 2 unspecified atom stereocenters. The SMILES string of the molecule is Cc1ccccc1-n1c(SC(C)C(=O)NC(N)=O)nc2sc3c(c2c1=O)CCC(C)C3. The molecule has 4 rings (SSSR count). The van der Waals surface area contributed by atoms with Gasteiger partial charge in [0.1, 0.15) is 4.83 Å². The molecule has 9 heteroatoms. The average molecular weight is 457 g/mol. The summed E-state index contributed by atoms with van der Waals surface area (Å²) in [7, 11) is 0. The molecule has 0 saturated heterocycles. The lowest BCUT2D eigenvalue weighted by Gasteiger charge is -2.18. The van der Waals surface area contributed by atoms with Crippen molar-refractivity contribution in [2.45, 2.75) is 50.4 Å². The van der Waals surface area contributed by atoms with E-state index in [-0.39, 0.29) is 5.56 Å². The van der Waals surface area contributed by atoms with Crippen molar-refractivity contribution in [1.29, 1.82) is 0 Å². The molecule has 1 aliphatic carbocycles. The first-order chi connectivity index (χ1) is 14.8. The number of urea groups is 1. The van der Waals surface area contributed by atoms with Crippen LogP contribution in [0.2, 0.25) is 0 Å². The lowest BCUT2D eigenvalue weighted by Crippen LogP contribution is -2.39. The number of carbonyl (C=O) groups excluding carboxylic acids is 2. The molecule has 0 bridgehead atoms. The number of primary amides is 1. The number of aromatic nitrogens is 2. The number of amides is 3. The molecule has 0 saturated carbocycles. The number of hydrogen-bond donors (Lipinski definition) is 2. The summed E-state index contributed by atoms with van der Waals surface area (Å²) < 4.78 is 1.60. The Bertz CT molecular complexity index is 1250. The van der Waals surface area contributed by atoms with E-state index in [1.807, 2.05) is 31.2 Å². The largest absolute Gasteiger partial charge is 0.351 e. The van der Waals surface area contributed by atoms with E-state index < -0.39 is 17.2 Å². The number of nitrogens with zero attached hydrogens (tertiary/aromatic N) is 2. The Morgan fingerprint density at radius 1 is 1.35 bits per heavy atom. The minimum Gasteiger partial charge on any atom is -0.351 e. The Kier molecular flexibility index (Phi) is 5.90. The third-order valence-corrected chi connectivity index (χ3v) is 7.75. The van der Waals surface area contributed by atoms with Crippen molar-refractivity contribution in [3.8, 4) is 5.69 Å². The van der Waals surface area contributed by atoms with Crippen LogP contribution in [0.1, 0.15) is 36.3 Å². The van der Waals surface area contributed by atoms with Gasteiger partial charge in [0.25, 0.3) is 5.56 Å². The van der Waals surface area contributed by atoms with Crippen LogP contribution in [0.15, 0.2) is 34.2 Å². The number of thioether (sulfide) groups is 1. The van der Waals surface area contributed by atoms with Gasteiger partial charge in [-0.2, -0.15) is 0 Å². The second-order valence-electron chi connectivity index (χ2n) is 7.97. The number of para-hydroxylation sites is 1. The first-order valence-corrected chi connectivity index (χ1v) is 11.9. The van der Waals surface area contributed by atoms with Crippen LogP contribution in [0.3, 0.4) is 0 Å². The molecule has 31 heavy (non-hydrogen) atoms. The van der Waals surface area contributed by atoms with Gasteiger partial charge in [0.2, 0.25) is 5.91 Å². The van der Waals surface area contributed by atoms with Crippen molar-refractivity contribution in [3.63, 3.8) is 0 Å². The van der Waals surface area contributed by atoms with E-state index in [0.29, 0.717) is 21.3 Å². The summed E-state index contributed by atoms with van der Waals surface area (Å²) in [4.78, 5) is 43.9. The van der Waals surface area contributed by atoms with Gasteiger partial charge in [0.05, 0.1) is 16.3 Å². The van der Waals surface area contributed by atoms with E-state index in [2.05, 4.69) is 12.2 Å². The summed E-state index contributed by atoms with van der Waals surface area (Å²) in [5.41, 5.74) is 7.75. The maximum absolute atomic E-state index is 13.8. The lowest BCUT2D eigenvalue weighted by atomic mass is 9.89. The van der Waals surface area contributed by atoms with Crippen LogP contribution in [0, 0.1) is 12.8 Å². The second kappa shape index (κ2) is 8.47. The molecule has 2 heterocycles. The van der Waals surface area contributed by atoms with Crippen LogP contribution in [0.4, 0.5) is 4.79 Å². The van der Waals surface area contributed by atoms with Gasteiger partial charge in [-0.1, -0.05) is 36.9 Å². The highest BCUT2D eigenvalue weighted by Gasteiger charge is 2.27. The molecule has 2 atom stereocenters. The molecule has 3 N–H and O–H groups in total. The molecule has 3 amide bonds. The van der Waals surface area contributed by atoms with E-state index in [4.69, 9.17) is 10.7 Å². The number of hydrogen-bond acceptors (Lipinski definition) is 6. The summed E-state index contributed by atoms with van der Waals surface area (Å²) in [5.74, 6) is 0.0630. The summed E-state index contributed by atoms with van der Waals surface area (Å²) in [6.07, 6.45) is 2.90. The van der Waals surface area contributed by atoms with Gasteiger partial charge in [0, 0.05) is 4.88 Å². The summed E-state index contributed by atoms with van der Waals surface area (Å²) in [6.45, 7) is 5.82. The Morgan fingerprint density at radius 2 is 2.10 bits per heavy atom. The fourth-order valence-corrected chi connectivity index (χ4v) is 6.26. The van der Waals surface area contributed by atoms with Crippen molar-refractivity contribution in [2.75, 3.05) is 0 Å². The molecule has 0 aliphatic heterocycles. The van der Waals surface area contributed by atoms with Gasteiger partial charge in [-0.05, 0) is 56.2 Å². The first-order valence-electron chi connectivity index (χ1n) is 10.2. The number of nitrogens with two attached hydrogens (primary N) is 1. The van der Waals surface area contributed by atoms with E-state index in [9.17, 15) is 14.4 Å². The van der Waals surface area contributed by atoms with E-state index in [1.54, 1.807) is 22.8 Å². The Labute approximate surface area is 188 Å². The predicted molar refractivity (Wildman–Crippen MR) is 124 cm³/mol. The highest BCUT2D eigenvalue weighted by Crippen LogP contribution is 2.37. The number of benzene rings is 1. The van der Waals surface area contributed by atoms with Crippen molar-refractivity contribution in [1.82, 2.24) is 14.9 Å². The lowest BCUT2D eigenvalue weighted by molar-refractivity contribution is -0.119. The maximum atomic E-state index is 13.8. The van der Waals surface area contributed by atoms with Crippen LogP contribution in [0.25, 0.3) is 15.9 Å². The smallest absolute Gasteiger partial charge is 0.318 e. The van der Waals surface area contributed by atoms with Crippen LogP contribution >= 0.6 is 23.1 Å². The number of nitrogens with one attached hydrogen (secondary N) is 1. The van der Waals surface area contributed by atoms with Crippen LogP contribution in [0.5, 0.6) is 0 Å². The van der Waals surface area contributed by atoms with Gasteiger partial charge in [-0.15, -0.1) is 11.3 Å². The number of aryl methyl sites for hydroxylation is 2. The molecule has 0 spiro atoms. The Hall–Kier alpha value is -2.65. The predicted octanol–water partition coefficient (Wildman–Crippen LogP) is 3.56. The second-order valence-corrected chi connectivity index (χ2v) is 10.4. The van der Waals surface area contributed by atoms with Crippen LogP contribution < -0.4 is 16.6 Å². The quantitative estimate of drug-likeness (QED) is 0.461. The zero-order valence-corrected chi connectivity index (χ0v) is 19.2. The number of thiophene rings is 1. The zero-order chi connectivity index (χ0) is 22.3. The highest BCUT2D eigenvalue weighted by atomic mass is 32.2. The fourth-order valence-electron chi connectivity index (χ4n) is 3.91. The normalized spacial score (nSPS) is 16.7. The standard InChI is InChI=1S/C22H24N4O3S2/c1-11-8-9-14-16(10-11)31-19-17(14)20(28)26(15-7-5-4-6-12(15)2)22(25-19)30-13(3)18(27)24-21(23)29/h4-7,11,13H,8-10H2,1-3H3,(H3,23,24,27,29). The van der Waals surface area contributed by atoms with Gasteiger partial charge in [-0.25, -0.2) is 9.78 Å². The van der Waals surface area contributed by atoms with Crippen LogP contribution in [-0.4, -0.2) is 26.7 Å². The molecule has 0 radical (unpaired) electrons. The summed E-state index contributed by atoms with van der Waals surface area (Å²) in [6, 6.07) is 6.70. The molecule has 162 valence electrons.